The van der Waals surface area contributed by atoms with E-state index in [1.54, 1.807) is 27.7 Å². The zero-order valence-electron chi connectivity index (χ0n) is 18.4. The van der Waals surface area contributed by atoms with Crippen molar-refractivity contribution in [2.45, 2.75) is 77.7 Å². The summed E-state index contributed by atoms with van der Waals surface area (Å²) in [7, 11) is 0. The Morgan fingerprint density at radius 1 is 1.25 bits per heavy atom. The first-order valence-electron chi connectivity index (χ1n) is 10.4. The van der Waals surface area contributed by atoms with E-state index in [0.29, 0.717) is 33.5 Å². The Hall–Kier alpha value is -2.43. The van der Waals surface area contributed by atoms with Crippen LogP contribution in [0.25, 0.3) is 10.2 Å². The molecule has 1 fully saturated rings. The topological polar surface area (TPSA) is 82.7 Å². The second kappa shape index (κ2) is 8.84. The maximum absolute atomic E-state index is 13.0. The summed E-state index contributed by atoms with van der Waals surface area (Å²) in [5.41, 5.74) is -1.06. The number of rotatable bonds is 7. The van der Waals surface area contributed by atoms with Gasteiger partial charge in [0.15, 0.2) is 0 Å². The van der Waals surface area contributed by atoms with E-state index < -0.39 is 35.4 Å². The number of halogens is 3. The standard InChI is InChI=1S/C21H26F3N3O4S/c1-12-14(10-25-11-15(28)31-20(2,3)4)32-18-16(12)17(29)27(13-6-7-13)19(30)26(18)9-5-8-21(22,23)24/h10,13H,5-9,11H2,1-4H3. The van der Waals surface area contributed by atoms with E-state index in [-0.39, 0.29) is 25.6 Å². The van der Waals surface area contributed by atoms with Crippen LogP contribution in [0.1, 0.15) is 62.9 Å². The average Bonchev–Trinajstić information content (AvgIpc) is 3.40. The first-order valence-corrected chi connectivity index (χ1v) is 11.2. The Morgan fingerprint density at radius 2 is 1.91 bits per heavy atom. The summed E-state index contributed by atoms with van der Waals surface area (Å²) in [6.45, 7) is 6.58. The number of thiophene rings is 1. The number of alkyl halides is 3. The van der Waals surface area contributed by atoms with Crippen LogP contribution in [0.3, 0.4) is 0 Å². The van der Waals surface area contributed by atoms with Crippen molar-refractivity contribution in [1.82, 2.24) is 9.13 Å². The van der Waals surface area contributed by atoms with Crippen molar-refractivity contribution >= 4 is 33.7 Å². The number of esters is 1. The highest BCUT2D eigenvalue weighted by Gasteiger charge is 2.31. The molecule has 32 heavy (non-hydrogen) atoms. The fourth-order valence-electron chi connectivity index (χ4n) is 3.37. The molecule has 1 saturated carbocycles. The van der Waals surface area contributed by atoms with E-state index in [2.05, 4.69) is 4.99 Å². The van der Waals surface area contributed by atoms with E-state index >= 15 is 0 Å². The second-order valence-electron chi connectivity index (χ2n) is 8.89. The molecular formula is C21H26F3N3O4S. The molecule has 0 N–H and O–H groups in total. The zero-order chi connectivity index (χ0) is 23.8. The fourth-order valence-corrected chi connectivity index (χ4v) is 4.58. The predicted molar refractivity (Wildman–Crippen MR) is 117 cm³/mol. The van der Waals surface area contributed by atoms with E-state index in [0.717, 1.165) is 15.9 Å². The van der Waals surface area contributed by atoms with Crippen LogP contribution in [-0.2, 0) is 16.1 Å². The molecule has 0 aromatic carbocycles. The van der Waals surface area contributed by atoms with E-state index in [1.165, 1.54) is 10.8 Å². The van der Waals surface area contributed by atoms with Gasteiger partial charge in [0.05, 0.1) is 10.3 Å². The molecule has 0 saturated heterocycles. The van der Waals surface area contributed by atoms with Crippen LogP contribution >= 0.6 is 11.3 Å². The number of nitrogens with zero attached hydrogens (tertiary/aromatic N) is 3. The minimum absolute atomic E-state index is 0.143. The van der Waals surface area contributed by atoms with Gasteiger partial charge in [0.1, 0.15) is 17.0 Å². The fraction of sp³-hybridized carbons (Fsp3) is 0.619. The van der Waals surface area contributed by atoms with Crippen LogP contribution in [0.15, 0.2) is 14.6 Å². The summed E-state index contributed by atoms with van der Waals surface area (Å²) in [5.74, 6) is -0.507. The summed E-state index contributed by atoms with van der Waals surface area (Å²) in [6.07, 6.45) is -2.78. The lowest BCUT2D eigenvalue weighted by Crippen LogP contribution is -2.39. The monoisotopic (exact) mass is 473 g/mol. The Kier molecular flexibility index (Phi) is 6.69. The maximum atomic E-state index is 13.0. The maximum Gasteiger partial charge on any atom is 0.389 e. The molecule has 2 aromatic rings. The highest BCUT2D eigenvalue weighted by Crippen LogP contribution is 2.34. The predicted octanol–water partition coefficient (Wildman–Crippen LogP) is 3.97. The number of aromatic nitrogens is 2. The number of hydrogen-bond acceptors (Lipinski definition) is 6. The molecule has 0 unspecified atom stereocenters. The molecule has 1 aliphatic rings. The van der Waals surface area contributed by atoms with E-state index in [1.807, 2.05) is 0 Å². The van der Waals surface area contributed by atoms with Crippen molar-refractivity contribution in [1.29, 1.82) is 0 Å². The molecule has 0 radical (unpaired) electrons. The van der Waals surface area contributed by atoms with Crippen LogP contribution in [-0.4, -0.2) is 39.6 Å². The van der Waals surface area contributed by atoms with Crippen molar-refractivity contribution in [3.63, 3.8) is 0 Å². The van der Waals surface area contributed by atoms with Crippen LogP contribution in [0.2, 0.25) is 0 Å². The lowest BCUT2D eigenvalue weighted by Gasteiger charge is -2.18. The molecule has 0 bridgehead atoms. The molecule has 11 heteroatoms. The summed E-state index contributed by atoms with van der Waals surface area (Å²) in [5, 5.41) is 0.312. The van der Waals surface area contributed by atoms with Gasteiger partial charge in [0, 0.05) is 25.2 Å². The summed E-state index contributed by atoms with van der Waals surface area (Å²) in [4.78, 5) is 42.9. The molecule has 0 amide bonds. The van der Waals surface area contributed by atoms with Crippen LogP contribution < -0.4 is 11.2 Å². The minimum Gasteiger partial charge on any atom is -0.459 e. The molecular weight excluding hydrogens is 447 g/mol. The van der Waals surface area contributed by atoms with Gasteiger partial charge in [-0.25, -0.2) is 4.79 Å². The number of hydrogen-bond donors (Lipinski definition) is 0. The van der Waals surface area contributed by atoms with Gasteiger partial charge >= 0.3 is 17.8 Å². The summed E-state index contributed by atoms with van der Waals surface area (Å²) in [6, 6.07) is -0.211. The molecule has 176 valence electrons. The van der Waals surface area contributed by atoms with E-state index in [9.17, 15) is 27.6 Å². The van der Waals surface area contributed by atoms with Crippen LogP contribution in [0, 0.1) is 6.92 Å². The third kappa shape index (κ3) is 5.67. The van der Waals surface area contributed by atoms with Gasteiger partial charge in [-0.05, 0) is 52.5 Å². The van der Waals surface area contributed by atoms with Crippen molar-refractivity contribution in [3.05, 3.63) is 31.3 Å². The molecule has 1 aliphatic carbocycles. The number of ether oxygens (including phenoxy) is 1. The lowest BCUT2D eigenvalue weighted by molar-refractivity contribution is -0.152. The summed E-state index contributed by atoms with van der Waals surface area (Å²) >= 11 is 1.11. The molecule has 2 heterocycles. The second-order valence-corrected chi connectivity index (χ2v) is 9.92. The first-order chi connectivity index (χ1) is 14.8. The molecule has 0 atom stereocenters. The summed E-state index contributed by atoms with van der Waals surface area (Å²) < 4.78 is 45.5. The molecule has 7 nitrogen and oxygen atoms in total. The molecule has 0 spiro atoms. The van der Waals surface area contributed by atoms with Crippen molar-refractivity contribution in [3.8, 4) is 0 Å². The third-order valence-electron chi connectivity index (χ3n) is 4.88. The molecule has 2 aromatic heterocycles. The average molecular weight is 474 g/mol. The van der Waals surface area contributed by atoms with Gasteiger partial charge in [-0.15, -0.1) is 11.3 Å². The number of carbonyl (C=O) groups is 1. The number of carbonyl (C=O) groups excluding carboxylic acids is 1. The van der Waals surface area contributed by atoms with Gasteiger partial charge in [-0.3, -0.25) is 23.7 Å². The Bertz CT molecular complexity index is 1160. The lowest BCUT2D eigenvalue weighted by atomic mass is 10.2. The normalized spacial score (nSPS) is 15.1. The SMILES string of the molecule is Cc1c(C=NCC(=O)OC(C)(C)C)sc2c1c(=O)n(C1CC1)c(=O)n2CCCC(F)(F)F. The van der Waals surface area contributed by atoms with E-state index in [4.69, 9.17) is 4.74 Å². The van der Waals surface area contributed by atoms with Gasteiger partial charge in [-0.2, -0.15) is 13.2 Å². The quantitative estimate of drug-likeness (QED) is 0.450. The third-order valence-corrected chi connectivity index (χ3v) is 6.13. The Balaban J connectivity index is 1.98. The van der Waals surface area contributed by atoms with Crippen molar-refractivity contribution in [2.75, 3.05) is 6.54 Å². The van der Waals surface area contributed by atoms with Gasteiger partial charge in [0.2, 0.25) is 0 Å². The van der Waals surface area contributed by atoms with Gasteiger partial charge < -0.3 is 4.74 Å². The minimum atomic E-state index is -4.32. The highest BCUT2D eigenvalue weighted by atomic mass is 32.1. The number of aliphatic imine (C=N–C) groups is 1. The van der Waals surface area contributed by atoms with Crippen LogP contribution in [0.4, 0.5) is 13.2 Å². The van der Waals surface area contributed by atoms with Crippen molar-refractivity contribution in [2.24, 2.45) is 4.99 Å². The zero-order valence-corrected chi connectivity index (χ0v) is 19.2. The Morgan fingerprint density at radius 3 is 2.47 bits per heavy atom. The van der Waals surface area contributed by atoms with Crippen molar-refractivity contribution < 1.29 is 22.7 Å². The largest absolute Gasteiger partial charge is 0.459 e. The molecule has 3 rings (SSSR count). The number of aryl methyl sites for hydroxylation is 2. The highest BCUT2D eigenvalue weighted by molar-refractivity contribution is 7.20. The van der Waals surface area contributed by atoms with Crippen LogP contribution in [0.5, 0.6) is 0 Å². The Labute approximate surface area is 186 Å². The van der Waals surface area contributed by atoms with Gasteiger partial charge in [-0.1, -0.05) is 0 Å². The van der Waals surface area contributed by atoms with Gasteiger partial charge in [0.25, 0.3) is 5.56 Å². The molecule has 0 aliphatic heterocycles. The number of fused-ring (bicyclic) bond motifs is 1. The first kappa shape index (κ1) is 24.2. The smallest absolute Gasteiger partial charge is 0.389 e.